The molecule has 0 spiro atoms. The molecule has 2 aliphatic rings. The molecule has 2 fully saturated rings. The van der Waals surface area contributed by atoms with Crippen molar-refractivity contribution in [1.29, 1.82) is 0 Å². The van der Waals surface area contributed by atoms with Gasteiger partial charge in [0.25, 0.3) is 5.91 Å². The van der Waals surface area contributed by atoms with Crippen molar-refractivity contribution < 1.29 is 4.79 Å². The molecule has 2 aliphatic heterocycles. The summed E-state index contributed by atoms with van der Waals surface area (Å²) < 4.78 is 0. The number of carbonyl (C=O) groups excluding carboxylic acids is 1. The van der Waals surface area contributed by atoms with Gasteiger partial charge in [0.2, 0.25) is 5.56 Å². The summed E-state index contributed by atoms with van der Waals surface area (Å²) in [4.78, 5) is 28.4. The molecule has 0 aliphatic carbocycles. The average Bonchev–Trinajstić information content (AvgIpc) is 2.91. The van der Waals surface area contributed by atoms with Crippen LogP contribution in [0.2, 0.25) is 0 Å². The number of carbonyl (C=O) groups is 1. The van der Waals surface area contributed by atoms with Gasteiger partial charge in [-0.15, -0.1) is 0 Å². The number of aromatic amines is 1. The number of likely N-dealkylation sites (tertiary alicyclic amines) is 1. The average molecular weight is 261 g/mol. The van der Waals surface area contributed by atoms with Gasteiger partial charge in [0.1, 0.15) is 0 Å². The van der Waals surface area contributed by atoms with Crippen molar-refractivity contribution in [2.45, 2.75) is 19.4 Å². The van der Waals surface area contributed by atoms with Crippen molar-refractivity contribution in [3.05, 3.63) is 34.2 Å². The minimum atomic E-state index is -0.232. The van der Waals surface area contributed by atoms with E-state index in [2.05, 4.69) is 24.1 Å². The molecular weight excluding hydrogens is 242 g/mol. The summed E-state index contributed by atoms with van der Waals surface area (Å²) in [7, 11) is 0. The number of pyridine rings is 1. The van der Waals surface area contributed by atoms with E-state index in [1.807, 2.05) is 4.90 Å². The van der Waals surface area contributed by atoms with Gasteiger partial charge in [-0.3, -0.25) is 9.59 Å². The van der Waals surface area contributed by atoms with Gasteiger partial charge in [-0.05, 0) is 31.7 Å². The Morgan fingerprint density at radius 3 is 2.89 bits per heavy atom. The quantitative estimate of drug-likeness (QED) is 0.771. The van der Waals surface area contributed by atoms with Crippen LogP contribution in [0, 0.1) is 11.8 Å². The van der Waals surface area contributed by atoms with Crippen LogP contribution in [-0.4, -0.2) is 41.0 Å². The summed E-state index contributed by atoms with van der Waals surface area (Å²) >= 11 is 0. The van der Waals surface area contributed by atoms with Crippen molar-refractivity contribution >= 4 is 5.91 Å². The monoisotopic (exact) mass is 261 g/mol. The summed E-state index contributed by atoms with van der Waals surface area (Å²) in [5.41, 5.74) is 0.0860. The number of aromatic nitrogens is 1. The van der Waals surface area contributed by atoms with Crippen LogP contribution >= 0.6 is 0 Å². The third-order valence-corrected chi connectivity index (χ3v) is 4.63. The number of hydrogen-bond acceptors (Lipinski definition) is 3. The van der Waals surface area contributed by atoms with E-state index < -0.39 is 0 Å². The Kier molecular flexibility index (Phi) is 2.74. The normalized spacial score (nSPS) is 28.4. The molecule has 1 aromatic heterocycles. The van der Waals surface area contributed by atoms with E-state index in [-0.39, 0.29) is 17.0 Å². The molecule has 0 bridgehead atoms. The number of amides is 1. The smallest absolute Gasteiger partial charge is 0.254 e. The Morgan fingerprint density at radius 2 is 2.21 bits per heavy atom. The Labute approximate surface area is 112 Å². The van der Waals surface area contributed by atoms with Gasteiger partial charge in [0.15, 0.2) is 0 Å². The number of rotatable bonds is 1. The van der Waals surface area contributed by atoms with Crippen molar-refractivity contribution in [3.63, 3.8) is 0 Å². The van der Waals surface area contributed by atoms with Gasteiger partial charge >= 0.3 is 0 Å². The van der Waals surface area contributed by atoms with E-state index in [1.165, 1.54) is 12.3 Å². The van der Waals surface area contributed by atoms with E-state index in [9.17, 15) is 9.59 Å². The first-order valence-corrected chi connectivity index (χ1v) is 6.71. The van der Waals surface area contributed by atoms with Gasteiger partial charge in [0, 0.05) is 43.0 Å². The zero-order valence-corrected chi connectivity index (χ0v) is 11.3. The highest BCUT2D eigenvalue weighted by Gasteiger charge is 2.51. The SMILES string of the molecule is CC1(C)C2CNCC2CN1C(=O)c1cc[nH]c(=O)c1. The highest BCUT2D eigenvalue weighted by molar-refractivity contribution is 5.94. The fourth-order valence-corrected chi connectivity index (χ4v) is 3.50. The van der Waals surface area contributed by atoms with E-state index in [0.29, 0.717) is 17.4 Å². The number of hydrogen-bond donors (Lipinski definition) is 2. The standard InChI is InChI=1S/C14H19N3O2/c1-14(2)11-7-15-6-10(11)8-17(14)13(19)9-3-4-16-12(18)5-9/h3-5,10-11,15H,6-8H2,1-2H3,(H,16,18). The summed E-state index contributed by atoms with van der Waals surface area (Å²) in [6.07, 6.45) is 1.53. The second kappa shape index (κ2) is 4.20. The maximum atomic E-state index is 12.6. The fraction of sp³-hybridized carbons (Fsp3) is 0.571. The molecule has 0 aromatic carbocycles. The Balaban J connectivity index is 1.91. The second-order valence-corrected chi connectivity index (χ2v) is 6.04. The molecular formula is C14H19N3O2. The molecule has 3 rings (SSSR count). The third-order valence-electron chi connectivity index (χ3n) is 4.63. The van der Waals surface area contributed by atoms with Gasteiger partial charge in [-0.1, -0.05) is 0 Å². The van der Waals surface area contributed by atoms with E-state index in [4.69, 9.17) is 0 Å². The lowest BCUT2D eigenvalue weighted by Crippen LogP contribution is -2.47. The van der Waals surface area contributed by atoms with Crippen molar-refractivity contribution in [2.24, 2.45) is 11.8 Å². The molecule has 2 saturated heterocycles. The summed E-state index contributed by atoms with van der Waals surface area (Å²) in [5.74, 6) is 0.991. The zero-order valence-electron chi connectivity index (χ0n) is 11.3. The lowest BCUT2D eigenvalue weighted by Gasteiger charge is -2.35. The second-order valence-electron chi connectivity index (χ2n) is 6.04. The molecule has 2 N–H and O–H groups in total. The van der Waals surface area contributed by atoms with Crippen LogP contribution in [0.25, 0.3) is 0 Å². The first kappa shape index (κ1) is 12.4. The van der Waals surface area contributed by atoms with Crippen LogP contribution in [0.1, 0.15) is 24.2 Å². The van der Waals surface area contributed by atoms with E-state index in [0.717, 1.165) is 19.6 Å². The number of fused-ring (bicyclic) bond motifs is 1. The molecule has 102 valence electrons. The Hall–Kier alpha value is -1.62. The van der Waals surface area contributed by atoms with Gasteiger partial charge in [-0.2, -0.15) is 0 Å². The van der Waals surface area contributed by atoms with Gasteiger partial charge < -0.3 is 15.2 Å². The summed E-state index contributed by atoms with van der Waals surface area (Å²) in [6, 6.07) is 3.05. The summed E-state index contributed by atoms with van der Waals surface area (Å²) in [5, 5.41) is 3.40. The maximum absolute atomic E-state index is 12.6. The lowest BCUT2D eigenvalue weighted by atomic mass is 9.84. The predicted octanol–water partition coefficient (Wildman–Crippen LogP) is 0.445. The minimum Gasteiger partial charge on any atom is -0.333 e. The molecule has 0 saturated carbocycles. The Morgan fingerprint density at radius 1 is 1.42 bits per heavy atom. The molecule has 5 heteroatoms. The minimum absolute atomic E-state index is 0.0366. The molecule has 2 unspecified atom stereocenters. The van der Waals surface area contributed by atoms with E-state index >= 15 is 0 Å². The topological polar surface area (TPSA) is 65.2 Å². The van der Waals surface area contributed by atoms with Crippen molar-refractivity contribution in [1.82, 2.24) is 15.2 Å². The van der Waals surface area contributed by atoms with Crippen molar-refractivity contribution in [3.8, 4) is 0 Å². The molecule has 1 amide bonds. The van der Waals surface area contributed by atoms with Crippen LogP contribution in [0.3, 0.4) is 0 Å². The number of H-pyrrole nitrogens is 1. The predicted molar refractivity (Wildman–Crippen MR) is 72.0 cm³/mol. The molecule has 0 radical (unpaired) electrons. The largest absolute Gasteiger partial charge is 0.333 e. The van der Waals surface area contributed by atoms with Crippen LogP contribution in [0.15, 0.2) is 23.1 Å². The highest BCUT2D eigenvalue weighted by Crippen LogP contribution is 2.41. The number of nitrogens with one attached hydrogen (secondary N) is 2. The maximum Gasteiger partial charge on any atom is 0.254 e. The van der Waals surface area contributed by atoms with Crippen LogP contribution < -0.4 is 10.9 Å². The molecule has 1 aromatic rings. The summed E-state index contributed by atoms with van der Waals surface area (Å²) in [6.45, 7) is 6.96. The van der Waals surface area contributed by atoms with Gasteiger partial charge in [0.05, 0.1) is 0 Å². The zero-order chi connectivity index (χ0) is 13.6. The molecule has 5 nitrogen and oxygen atoms in total. The first-order valence-electron chi connectivity index (χ1n) is 6.71. The fourth-order valence-electron chi connectivity index (χ4n) is 3.50. The molecule has 2 atom stereocenters. The highest BCUT2D eigenvalue weighted by atomic mass is 16.2. The van der Waals surface area contributed by atoms with Crippen LogP contribution in [0.4, 0.5) is 0 Å². The number of nitrogens with zero attached hydrogens (tertiary/aromatic N) is 1. The van der Waals surface area contributed by atoms with Crippen molar-refractivity contribution in [2.75, 3.05) is 19.6 Å². The third kappa shape index (κ3) is 1.89. The molecule has 19 heavy (non-hydrogen) atoms. The van der Waals surface area contributed by atoms with Gasteiger partial charge in [-0.25, -0.2) is 0 Å². The van der Waals surface area contributed by atoms with E-state index in [1.54, 1.807) is 6.07 Å². The Bertz CT molecular complexity index is 564. The van der Waals surface area contributed by atoms with Crippen LogP contribution in [0.5, 0.6) is 0 Å². The lowest BCUT2D eigenvalue weighted by molar-refractivity contribution is 0.0603. The molecule has 3 heterocycles. The van der Waals surface area contributed by atoms with Crippen LogP contribution in [-0.2, 0) is 0 Å². The first-order chi connectivity index (χ1) is 9.00.